The molecule has 0 bridgehead atoms. The molecular weight excluding hydrogens is 322 g/mol. The molecule has 0 saturated heterocycles. The zero-order valence-corrected chi connectivity index (χ0v) is 12.2. The van der Waals surface area contributed by atoms with E-state index >= 15 is 0 Å². The van der Waals surface area contributed by atoms with E-state index < -0.39 is 27.1 Å². The maximum absolute atomic E-state index is 12.1. The molecule has 12 nitrogen and oxygen atoms in total. The molecule has 0 fully saturated rings. The van der Waals surface area contributed by atoms with E-state index in [2.05, 4.69) is 26.1 Å². The number of hydrogen-bond acceptors (Lipinski definition) is 9. The number of nitro groups is 2. The molecule has 3 N–H and O–H groups in total. The van der Waals surface area contributed by atoms with Crippen LogP contribution in [-0.4, -0.2) is 32.8 Å². The summed E-state index contributed by atoms with van der Waals surface area (Å²) in [6.45, 7) is 0. The molecule has 12 heteroatoms. The molecule has 0 unspecified atom stereocenters. The summed E-state index contributed by atoms with van der Waals surface area (Å²) in [7, 11) is 1.44. The van der Waals surface area contributed by atoms with Crippen molar-refractivity contribution < 1.29 is 14.6 Å². The standard InChI is InChI=1S/C12H11N7O5/c1-13-10-9(19(23)24)11(15-6-14-10)16-17-12(20)7-4-2-3-5-8(7)18(21)22/h2-6H,1H3,(H,17,20)(H2,13,14,15,16). The average Bonchev–Trinajstić information content (AvgIpc) is 2.58. The minimum Gasteiger partial charge on any atom is -0.367 e. The van der Waals surface area contributed by atoms with Crippen molar-refractivity contribution in [2.45, 2.75) is 0 Å². The third-order valence-electron chi connectivity index (χ3n) is 2.88. The molecule has 0 atom stereocenters. The van der Waals surface area contributed by atoms with E-state index in [1.165, 1.54) is 31.3 Å². The van der Waals surface area contributed by atoms with Crippen molar-refractivity contribution in [3.63, 3.8) is 0 Å². The molecular formula is C12H11N7O5. The van der Waals surface area contributed by atoms with Gasteiger partial charge in [0, 0.05) is 13.1 Å². The Morgan fingerprint density at radius 2 is 1.75 bits per heavy atom. The first-order valence-electron chi connectivity index (χ1n) is 6.42. The topological polar surface area (TPSA) is 165 Å². The van der Waals surface area contributed by atoms with E-state index in [-0.39, 0.29) is 17.2 Å². The van der Waals surface area contributed by atoms with E-state index in [4.69, 9.17) is 0 Å². The molecule has 2 aromatic rings. The zero-order chi connectivity index (χ0) is 17.7. The van der Waals surface area contributed by atoms with Crippen LogP contribution >= 0.6 is 0 Å². The number of amides is 1. The van der Waals surface area contributed by atoms with E-state index in [0.717, 1.165) is 6.33 Å². The number of nitrogens with one attached hydrogen (secondary N) is 3. The van der Waals surface area contributed by atoms with Gasteiger partial charge in [-0.05, 0) is 6.07 Å². The van der Waals surface area contributed by atoms with Gasteiger partial charge in [-0.2, -0.15) is 0 Å². The molecule has 1 aromatic heterocycles. The number of nitro benzene ring substituents is 1. The van der Waals surface area contributed by atoms with Gasteiger partial charge in [-0.1, -0.05) is 12.1 Å². The monoisotopic (exact) mass is 333 g/mol. The van der Waals surface area contributed by atoms with Crippen LogP contribution in [0.4, 0.5) is 23.0 Å². The highest BCUT2D eigenvalue weighted by Gasteiger charge is 2.24. The summed E-state index contributed by atoms with van der Waals surface area (Å²) in [6.07, 6.45) is 1.05. The molecule has 1 amide bonds. The predicted octanol–water partition coefficient (Wildman–Crippen LogP) is 1.09. The number of hydrazine groups is 1. The van der Waals surface area contributed by atoms with Crippen molar-refractivity contribution in [2.75, 3.05) is 17.8 Å². The smallest absolute Gasteiger partial charge is 0.354 e. The van der Waals surface area contributed by atoms with Crippen LogP contribution in [0.15, 0.2) is 30.6 Å². The fourth-order valence-electron chi connectivity index (χ4n) is 1.83. The van der Waals surface area contributed by atoms with E-state index in [0.29, 0.717) is 0 Å². The van der Waals surface area contributed by atoms with Crippen molar-refractivity contribution in [2.24, 2.45) is 0 Å². The first kappa shape index (κ1) is 16.5. The molecule has 0 aliphatic heterocycles. The van der Waals surface area contributed by atoms with Crippen LogP contribution in [0.5, 0.6) is 0 Å². The van der Waals surface area contributed by atoms with Gasteiger partial charge >= 0.3 is 5.69 Å². The molecule has 0 radical (unpaired) electrons. The van der Waals surface area contributed by atoms with Crippen LogP contribution in [0.1, 0.15) is 10.4 Å². The van der Waals surface area contributed by atoms with Crippen LogP contribution in [0.3, 0.4) is 0 Å². The van der Waals surface area contributed by atoms with Gasteiger partial charge in [0.15, 0.2) is 0 Å². The third-order valence-corrected chi connectivity index (χ3v) is 2.88. The normalized spacial score (nSPS) is 9.88. The fourth-order valence-corrected chi connectivity index (χ4v) is 1.83. The molecule has 0 aliphatic carbocycles. The summed E-state index contributed by atoms with van der Waals surface area (Å²) in [6, 6.07) is 5.29. The minimum absolute atomic E-state index is 0.0579. The molecule has 24 heavy (non-hydrogen) atoms. The first-order valence-corrected chi connectivity index (χ1v) is 6.42. The average molecular weight is 333 g/mol. The van der Waals surface area contributed by atoms with Crippen LogP contribution in [0.2, 0.25) is 0 Å². The summed E-state index contributed by atoms with van der Waals surface area (Å²) in [5.41, 5.74) is 3.33. The minimum atomic E-state index is -0.846. The van der Waals surface area contributed by atoms with Gasteiger partial charge < -0.3 is 5.32 Å². The van der Waals surface area contributed by atoms with Crippen LogP contribution in [0, 0.1) is 20.2 Å². The van der Waals surface area contributed by atoms with Crippen molar-refractivity contribution in [3.05, 3.63) is 56.4 Å². The number of anilines is 2. The Kier molecular flexibility index (Phi) is 4.79. The molecule has 0 aliphatic rings. The Hall–Kier alpha value is -3.83. The Bertz CT molecular complexity index is 810. The molecule has 124 valence electrons. The third kappa shape index (κ3) is 3.32. The number of hydrogen-bond donors (Lipinski definition) is 3. The first-order chi connectivity index (χ1) is 11.5. The molecule has 0 spiro atoms. The van der Waals surface area contributed by atoms with Gasteiger partial charge in [0.1, 0.15) is 11.9 Å². The maximum Gasteiger partial charge on any atom is 0.354 e. The maximum atomic E-state index is 12.1. The van der Waals surface area contributed by atoms with Gasteiger partial charge in [-0.3, -0.25) is 35.9 Å². The zero-order valence-electron chi connectivity index (χ0n) is 12.2. The molecule has 2 rings (SSSR count). The summed E-state index contributed by atoms with van der Waals surface area (Å²) in [4.78, 5) is 40.0. The highest BCUT2D eigenvalue weighted by molar-refractivity contribution is 5.98. The second kappa shape index (κ2) is 6.95. The highest BCUT2D eigenvalue weighted by Crippen LogP contribution is 2.27. The lowest BCUT2D eigenvalue weighted by Crippen LogP contribution is -2.30. The number of para-hydroxylation sites is 1. The SMILES string of the molecule is CNc1ncnc(NNC(=O)c2ccccc2[N+](=O)[O-])c1[N+](=O)[O-]. The van der Waals surface area contributed by atoms with Crippen molar-refractivity contribution in [3.8, 4) is 0 Å². The summed E-state index contributed by atoms with van der Waals surface area (Å²) in [5, 5.41) is 24.5. The fraction of sp³-hybridized carbons (Fsp3) is 0.0833. The second-order valence-electron chi connectivity index (χ2n) is 4.28. The predicted molar refractivity (Wildman–Crippen MR) is 82.4 cm³/mol. The van der Waals surface area contributed by atoms with Crippen molar-refractivity contribution >= 4 is 28.9 Å². The second-order valence-corrected chi connectivity index (χ2v) is 4.28. The van der Waals surface area contributed by atoms with Gasteiger partial charge in [0.2, 0.25) is 11.6 Å². The highest BCUT2D eigenvalue weighted by atomic mass is 16.6. The van der Waals surface area contributed by atoms with Gasteiger partial charge in [-0.15, -0.1) is 0 Å². The Morgan fingerprint density at radius 1 is 1.08 bits per heavy atom. The van der Waals surface area contributed by atoms with Crippen molar-refractivity contribution in [1.82, 2.24) is 15.4 Å². The Balaban J connectivity index is 2.25. The number of rotatable bonds is 6. The largest absolute Gasteiger partial charge is 0.367 e. The molecule has 0 saturated carbocycles. The number of carbonyl (C=O) groups excluding carboxylic acids is 1. The molecule has 1 aromatic carbocycles. The Morgan fingerprint density at radius 3 is 2.38 bits per heavy atom. The number of carbonyl (C=O) groups is 1. The lowest BCUT2D eigenvalue weighted by Gasteiger charge is -2.09. The lowest BCUT2D eigenvalue weighted by atomic mass is 10.2. The quantitative estimate of drug-likeness (QED) is 0.518. The van der Waals surface area contributed by atoms with Crippen LogP contribution in [-0.2, 0) is 0 Å². The van der Waals surface area contributed by atoms with Crippen LogP contribution in [0.25, 0.3) is 0 Å². The summed E-state index contributed by atoms with van der Waals surface area (Å²) < 4.78 is 0. The van der Waals surface area contributed by atoms with Gasteiger partial charge in [0.05, 0.1) is 9.85 Å². The van der Waals surface area contributed by atoms with Gasteiger partial charge in [0.25, 0.3) is 11.6 Å². The van der Waals surface area contributed by atoms with Crippen LogP contribution < -0.4 is 16.2 Å². The number of aromatic nitrogens is 2. The van der Waals surface area contributed by atoms with Gasteiger partial charge in [-0.25, -0.2) is 9.97 Å². The van der Waals surface area contributed by atoms with E-state index in [1.54, 1.807) is 0 Å². The Labute approximate surface area is 134 Å². The summed E-state index contributed by atoms with van der Waals surface area (Å²) >= 11 is 0. The lowest BCUT2D eigenvalue weighted by molar-refractivity contribution is -0.385. The van der Waals surface area contributed by atoms with E-state index in [9.17, 15) is 25.0 Å². The van der Waals surface area contributed by atoms with Crippen molar-refractivity contribution in [1.29, 1.82) is 0 Å². The van der Waals surface area contributed by atoms with E-state index in [1.807, 2.05) is 0 Å². The number of nitrogens with zero attached hydrogens (tertiary/aromatic N) is 4. The molecule has 1 heterocycles. The number of benzene rings is 1. The summed E-state index contributed by atoms with van der Waals surface area (Å²) in [5.74, 6) is -1.18.